The fourth-order valence-corrected chi connectivity index (χ4v) is 6.93. The number of alkyl halides is 6. The zero-order valence-corrected chi connectivity index (χ0v) is 30.3. The van der Waals surface area contributed by atoms with E-state index in [4.69, 9.17) is 17.0 Å². The Hall–Kier alpha value is -2.25. The summed E-state index contributed by atoms with van der Waals surface area (Å²) in [4.78, 5) is 0. The predicted octanol–water partition coefficient (Wildman–Crippen LogP) is 10.9. The van der Waals surface area contributed by atoms with Crippen LogP contribution in [0.15, 0.2) is 84.9 Å². The van der Waals surface area contributed by atoms with E-state index in [0.29, 0.717) is 23.3 Å². The molecule has 0 unspecified atom stereocenters. The van der Waals surface area contributed by atoms with Gasteiger partial charge in [-0.2, -0.15) is 61.9 Å². The first-order valence-corrected chi connectivity index (χ1v) is 21.9. The SMILES string of the molecule is CCCc1ccc2[cH-]c(CC(C)C)cc2c1-c1cc(C(F)(F)F)cc(C(F)(F)F)c1.[Cl][Zr+2][Cl].[c-]1cccc2c1[Si]c1ccccc1-2. The molecule has 10 heteroatoms. The molecule has 0 saturated heterocycles. The molecule has 0 nitrogen and oxygen atoms in total. The summed E-state index contributed by atoms with van der Waals surface area (Å²) in [5.41, 5.74) is 2.37. The van der Waals surface area contributed by atoms with Crippen molar-refractivity contribution in [3.63, 3.8) is 0 Å². The predicted molar refractivity (Wildman–Crippen MR) is 175 cm³/mol. The van der Waals surface area contributed by atoms with Crippen molar-refractivity contribution in [2.24, 2.45) is 5.92 Å². The van der Waals surface area contributed by atoms with Crippen LogP contribution in [0.4, 0.5) is 26.3 Å². The standard InChI is InChI=1S/C24H23F6.C12H7Si.2ClH.Zr/c1-4-5-16-6-7-17-9-15(8-14(2)3)10-21(17)22(16)18-11-19(23(25,26)27)13-20(12-18)24(28,29)30;1-3-7-11-9(5-1)10-6-2-4-8-12(10)13-11;;;/h6-7,9-14H,4-5,8H2,1-3H3;1-7H;2*1H;/q2*-1;;;+4/p-2. The van der Waals surface area contributed by atoms with Gasteiger partial charge in [-0.25, -0.2) is 0 Å². The number of rotatable bonds is 5. The smallest absolute Gasteiger partial charge is 0.0920 e. The van der Waals surface area contributed by atoms with Crippen LogP contribution < -0.4 is 10.4 Å². The van der Waals surface area contributed by atoms with Gasteiger partial charge in [0.25, 0.3) is 0 Å². The van der Waals surface area contributed by atoms with E-state index in [0.717, 1.165) is 51.0 Å². The first kappa shape index (κ1) is 36.6. The normalized spacial score (nSPS) is 12.1. The molecule has 1 heterocycles. The second-order valence-electron chi connectivity index (χ2n) is 11.3. The maximum atomic E-state index is 13.4. The maximum absolute atomic E-state index is 13.4. The third-order valence-electron chi connectivity index (χ3n) is 7.41. The molecule has 5 aromatic carbocycles. The molecule has 46 heavy (non-hydrogen) atoms. The van der Waals surface area contributed by atoms with Crippen molar-refractivity contribution in [1.29, 1.82) is 0 Å². The van der Waals surface area contributed by atoms with Crippen LogP contribution in [0.25, 0.3) is 33.0 Å². The second-order valence-corrected chi connectivity index (χ2v) is 16.3. The fraction of sp³-hybridized carbons (Fsp3) is 0.250. The Morgan fingerprint density at radius 3 is 2.09 bits per heavy atom. The third kappa shape index (κ3) is 9.00. The zero-order chi connectivity index (χ0) is 33.6. The molecule has 0 aromatic heterocycles. The van der Waals surface area contributed by atoms with Gasteiger partial charge in [-0.15, -0.1) is 40.1 Å². The first-order chi connectivity index (χ1) is 21.8. The minimum Gasteiger partial charge on any atom is -0.184 e. The van der Waals surface area contributed by atoms with Crippen molar-refractivity contribution in [2.75, 3.05) is 0 Å². The van der Waals surface area contributed by atoms with Gasteiger partial charge in [0.15, 0.2) is 0 Å². The molecule has 0 aliphatic carbocycles. The number of hydrogen-bond acceptors (Lipinski definition) is 0. The summed E-state index contributed by atoms with van der Waals surface area (Å²) in [6.45, 7) is 6.05. The van der Waals surface area contributed by atoms with E-state index < -0.39 is 44.3 Å². The van der Waals surface area contributed by atoms with Crippen LogP contribution in [0.2, 0.25) is 0 Å². The van der Waals surface area contributed by atoms with Crippen molar-refractivity contribution < 1.29 is 47.2 Å². The Bertz CT molecular complexity index is 1700. The van der Waals surface area contributed by atoms with Crippen molar-refractivity contribution in [2.45, 2.75) is 52.4 Å². The van der Waals surface area contributed by atoms with Crippen LogP contribution >= 0.6 is 17.0 Å². The Labute approximate surface area is 287 Å². The summed E-state index contributed by atoms with van der Waals surface area (Å²) in [6, 6.07) is 27.6. The minimum absolute atomic E-state index is 0.0482. The monoisotopic (exact) mass is 764 g/mol. The van der Waals surface area contributed by atoms with Gasteiger partial charge in [-0.05, 0) is 42.5 Å². The average molecular weight is 767 g/mol. The molecule has 238 valence electrons. The van der Waals surface area contributed by atoms with E-state index in [1.165, 1.54) is 21.5 Å². The number of aryl methyl sites for hydroxylation is 1. The molecule has 1 aliphatic rings. The molecule has 1 aliphatic heterocycles. The Balaban J connectivity index is 0.000000245. The van der Waals surface area contributed by atoms with Crippen molar-refractivity contribution in [3.8, 4) is 22.3 Å². The van der Waals surface area contributed by atoms with Gasteiger partial charge >= 0.3 is 50.2 Å². The molecule has 0 fully saturated rings. The summed E-state index contributed by atoms with van der Waals surface area (Å²) in [5.74, 6) is 0.380. The molecule has 0 amide bonds. The van der Waals surface area contributed by atoms with Gasteiger partial charge in [0.05, 0.1) is 20.6 Å². The van der Waals surface area contributed by atoms with Gasteiger partial charge in [-0.1, -0.05) is 73.3 Å². The minimum atomic E-state index is -4.87. The van der Waals surface area contributed by atoms with E-state index in [1.54, 1.807) is 0 Å². The topological polar surface area (TPSA) is 0 Å². The third-order valence-corrected chi connectivity index (χ3v) is 8.78. The maximum Gasteiger partial charge on any atom is 0.0920 e. The second kappa shape index (κ2) is 15.8. The Morgan fingerprint density at radius 2 is 1.48 bits per heavy atom. The van der Waals surface area contributed by atoms with Crippen LogP contribution in [0.1, 0.15) is 49.4 Å². The Kier molecular flexibility index (Phi) is 12.5. The Morgan fingerprint density at radius 1 is 0.848 bits per heavy atom. The summed E-state index contributed by atoms with van der Waals surface area (Å²) < 4.78 is 80.4. The van der Waals surface area contributed by atoms with Crippen LogP contribution in [-0.4, -0.2) is 9.52 Å². The zero-order valence-electron chi connectivity index (χ0n) is 25.3. The van der Waals surface area contributed by atoms with Gasteiger partial charge in [0.2, 0.25) is 0 Å². The molecule has 0 saturated carbocycles. The number of halogens is 8. The molecular formula is C36H30Cl2F6SiZr. The molecule has 0 N–H and O–H groups in total. The van der Waals surface area contributed by atoms with E-state index in [1.807, 2.05) is 37.3 Å². The van der Waals surface area contributed by atoms with Gasteiger partial charge in [0, 0.05) is 0 Å². The van der Waals surface area contributed by atoms with Crippen LogP contribution in [0, 0.1) is 12.0 Å². The number of hydrogen-bond donors (Lipinski definition) is 0. The van der Waals surface area contributed by atoms with Crippen LogP contribution in [0.3, 0.4) is 0 Å². The van der Waals surface area contributed by atoms with Crippen molar-refractivity contribution in [1.82, 2.24) is 0 Å². The summed E-state index contributed by atoms with van der Waals surface area (Å²) in [5, 5.41) is 4.35. The summed E-state index contributed by atoms with van der Waals surface area (Å²) in [7, 11) is 10.7. The first-order valence-electron chi connectivity index (χ1n) is 14.6. The molecule has 0 atom stereocenters. The summed E-state index contributed by atoms with van der Waals surface area (Å²) >= 11 is -0.826. The van der Waals surface area contributed by atoms with Gasteiger partial charge < -0.3 is 0 Å². The molecule has 6 rings (SSSR count). The largest absolute Gasteiger partial charge is 0.184 e. The van der Waals surface area contributed by atoms with E-state index in [-0.39, 0.29) is 11.6 Å². The van der Waals surface area contributed by atoms with Gasteiger partial charge in [0.1, 0.15) is 0 Å². The van der Waals surface area contributed by atoms with Crippen LogP contribution in [0.5, 0.6) is 0 Å². The average Bonchev–Trinajstić information content (AvgIpc) is 3.57. The number of fused-ring (bicyclic) bond motifs is 4. The van der Waals surface area contributed by atoms with Crippen LogP contribution in [-0.2, 0) is 46.0 Å². The quantitative estimate of drug-likeness (QED) is 0.0931. The molecule has 5 aromatic rings. The van der Waals surface area contributed by atoms with Gasteiger partial charge in [-0.3, -0.25) is 0 Å². The molecule has 0 bridgehead atoms. The fourth-order valence-electron chi connectivity index (χ4n) is 5.62. The van der Waals surface area contributed by atoms with E-state index in [2.05, 4.69) is 56.3 Å². The van der Waals surface area contributed by atoms with E-state index in [9.17, 15) is 26.3 Å². The molecule has 0 spiro atoms. The molecule has 2 radical (unpaired) electrons. The summed E-state index contributed by atoms with van der Waals surface area (Å²) in [6.07, 6.45) is -7.67. The number of benzene rings is 4. The van der Waals surface area contributed by atoms with Crippen molar-refractivity contribution in [3.05, 3.63) is 113 Å². The molecular weight excluding hydrogens is 737 g/mol. The van der Waals surface area contributed by atoms with E-state index >= 15 is 0 Å². The van der Waals surface area contributed by atoms with Crippen molar-refractivity contribution >= 4 is 47.7 Å².